The molecule has 0 radical (unpaired) electrons. The molecule has 2 aromatic rings. The van der Waals surface area contributed by atoms with Crippen LogP contribution in [0, 0.1) is 30.1 Å². The van der Waals surface area contributed by atoms with Crippen molar-refractivity contribution in [1.29, 1.82) is 0 Å². The van der Waals surface area contributed by atoms with E-state index in [1.54, 1.807) is 45.0 Å². The maximum absolute atomic E-state index is 13.8. The van der Waals surface area contributed by atoms with E-state index in [2.05, 4.69) is 10.6 Å². The first-order valence-corrected chi connectivity index (χ1v) is 14.3. The average molecular weight is 539 g/mol. The predicted octanol–water partition coefficient (Wildman–Crippen LogP) is 5.82. The molecule has 4 aliphatic rings. The summed E-state index contributed by atoms with van der Waals surface area (Å²) in [6, 6.07) is 6.60. The fourth-order valence-electron chi connectivity index (χ4n) is 7.05. The summed E-state index contributed by atoms with van der Waals surface area (Å²) in [4.78, 5) is 52.8. The van der Waals surface area contributed by atoms with Crippen LogP contribution < -0.4 is 10.6 Å². The number of hydrogen-bond donors (Lipinski definition) is 2. The smallest absolute Gasteiger partial charge is 0.341 e. The minimum Gasteiger partial charge on any atom is -0.462 e. The zero-order valence-corrected chi connectivity index (χ0v) is 22.9. The second kappa shape index (κ2) is 10.5. The monoisotopic (exact) mass is 538 g/mol. The van der Waals surface area contributed by atoms with Gasteiger partial charge in [-0.15, -0.1) is 11.3 Å². The first-order valence-electron chi connectivity index (χ1n) is 13.4. The van der Waals surface area contributed by atoms with Crippen molar-refractivity contribution in [3.05, 3.63) is 45.8 Å². The molecule has 8 nitrogen and oxygen atoms in total. The molecule has 0 aliphatic heterocycles. The van der Waals surface area contributed by atoms with Crippen molar-refractivity contribution in [2.24, 2.45) is 23.2 Å². The molecule has 1 aromatic carbocycles. The van der Waals surface area contributed by atoms with Crippen LogP contribution in [0.25, 0.3) is 0 Å². The summed E-state index contributed by atoms with van der Waals surface area (Å²) >= 11 is 1.06. The van der Waals surface area contributed by atoms with Gasteiger partial charge in [-0.25, -0.2) is 9.59 Å². The molecule has 38 heavy (non-hydrogen) atoms. The first-order chi connectivity index (χ1) is 18.2. The number of amides is 2. The molecule has 9 heteroatoms. The molecule has 4 bridgehead atoms. The SMILES string of the molecule is CCOC(=O)c1ccccc1NC(=O)c1sc(NC(=O)C23CC4CC(CC(C4)C2)C3)c(C(=O)OCC)c1C. The van der Waals surface area contributed by atoms with Gasteiger partial charge in [0.1, 0.15) is 5.00 Å². The van der Waals surface area contributed by atoms with E-state index in [0.29, 0.717) is 34.0 Å². The Morgan fingerprint density at radius 2 is 1.47 bits per heavy atom. The van der Waals surface area contributed by atoms with Gasteiger partial charge in [0.25, 0.3) is 5.91 Å². The molecule has 2 N–H and O–H groups in total. The third-order valence-electron chi connectivity index (χ3n) is 8.25. The number of anilines is 2. The molecule has 202 valence electrons. The van der Waals surface area contributed by atoms with E-state index in [1.165, 1.54) is 19.3 Å². The van der Waals surface area contributed by atoms with Crippen LogP contribution >= 0.6 is 11.3 Å². The molecule has 1 aromatic heterocycles. The number of nitrogens with one attached hydrogen (secondary N) is 2. The minimum absolute atomic E-state index is 0.0528. The Morgan fingerprint density at radius 1 is 0.895 bits per heavy atom. The van der Waals surface area contributed by atoms with Gasteiger partial charge < -0.3 is 20.1 Å². The molecule has 4 saturated carbocycles. The van der Waals surface area contributed by atoms with Crippen molar-refractivity contribution in [2.45, 2.75) is 59.3 Å². The van der Waals surface area contributed by atoms with Crippen molar-refractivity contribution in [1.82, 2.24) is 0 Å². The van der Waals surface area contributed by atoms with E-state index in [1.807, 2.05) is 0 Å². The first kappa shape index (κ1) is 26.4. The molecule has 4 aliphatic carbocycles. The molecule has 0 spiro atoms. The number of ether oxygens (including phenoxy) is 2. The number of thiophene rings is 1. The van der Waals surface area contributed by atoms with Gasteiger partial charge in [0, 0.05) is 0 Å². The van der Waals surface area contributed by atoms with Gasteiger partial charge in [0.05, 0.1) is 40.3 Å². The molecule has 6 rings (SSSR count). The summed E-state index contributed by atoms with van der Waals surface area (Å²) in [6.45, 7) is 5.48. The number of hydrogen-bond acceptors (Lipinski definition) is 7. The standard InChI is InChI=1S/C29H34N2O6S/c1-4-36-26(33)20-8-6-7-9-21(20)30-24(32)23-16(3)22(27(34)37-5-2)25(38-23)31-28(35)29-13-17-10-18(14-29)12-19(11-17)15-29/h6-9,17-19H,4-5,10-15H2,1-3H3,(H,30,32)(H,31,35). The predicted molar refractivity (Wildman–Crippen MR) is 145 cm³/mol. The highest BCUT2D eigenvalue weighted by Crippen LogP contribution is 2.60. The van der Waals surface area contributed by atoms with Gasteiger partial charge in [-0.1, -0.05) is 12.1 Å². The van der Waals surface area contributed by atoms with Gasteiger partial charge in [-0.3, -0.25) is 9.59 Å². The van der Waals surface area contributed by atoms with Crippen LogP contribution in [0.2, 0.25) is 0 Å². The lowest BCUT2D eigenvalue weighted by atomic mass is 9.49. The highest BCUT2D eigenvalue weighted by atomic mass is 32.1. The van der Waals surface area contributed by atoms with E-state index < -0.39 is 23.3 Å². The Bertz CT molecular complexity index is 1250. The van der Waals surface area contributed by atoms with Gasteiger partial charge >= 0.3 is 11.9 Å². The molecule has 1 heterocycles. The summed E-state index contributed by atoms with van der Waals surface area (Å²) in [5.74, 6) is 0.149. The molecule has 2 amide bonds. The Balaban J connectivity index is 1.43. The zero-order valence-electron chi connectivity index (χ0n) is 22.1. The average Bonchev–Trinajstić information content (AvgIpc) is 3.19. The van der Waals surface area contributed by atoms with Crippen LogP contribution in [0.5, 0.6) is 0 Å². The summed E-state index contributed by atoms with van der Waals surface area (Å²) < 4.78 is 10.4. The maximum atomic E-state index is 13.8. The van der Waals surface area contributed by atoms with Crippen molar-refractivity contribution in [3.63, 3.8) is 0 Å². The zero-order chi connectivity index (χ0) is 27.0. The van der Waals surface area contributed by atoms with Crippen LogP contribution in [0.4, 0.5) is 10.7 Å². The third-order valence-corrected chi connectivity index (χ3v) is 9.46. The van der Waals surface area contributed by atoms with Crippen LogP contribution in [0.15, 0.2) is 24.3 Å². The Kier molecular flexibility index (Phi) is 7.31. The Morgan fingerprint density at radius 3 is 2.08 bits per heavy atom. The largest absolute Gasteiger partial charge is 0.462 e. The van der Waals surface area contributed by atoms with Crippen LogP contribution in [-0.2, 0) is 14.3 Å². The number of carbonyl (C=O) groups excluding carboxylic acids is 4. The van der Waals surface area contributed by atoms with Crippen molar-refractivity contribution in [2.75, 3.05) is 23.8 Å². The molecule has 0 atom stereocenters. The van der Waals surface area contributed by atoms with Crippen molar-refractivity contribution in [3.8, 4) is 0 Å². The molecular formula is C29H34N2O6S. The number of benzene rings is 1. The number of para-hydroxylation sites is 1. The lowest BCUT2D eigenvalue weighted by molar-refractivity contribution is -0.140. The number of carbonyl (C=O) groups is 4. The Labute approximate surface area is 226 Å². The molecule has 4 fully saturated rings. The fourth-order valence-corrected chi connectivity index (χ4v) is 8.13. The fraction of sp³-hybridized carbons (Fsp3) is 0.517. The minimum atomic E-state index is -0.576. The van der Waals surface area contributed by atoms with E-state index in [4.69, 9.17) is 9.47 Å². The normalized spacial score (nSPS) is 25.1. The summed E-state index contributed by atoms with van der Waals surface area (Å²) in [6.07, 6.45) is 6.33. The van der Waals surface area contributed by atoms with Gasteiger partial charge in [-0.05, 0) is 94.7 Å². The van der Waals surface area contributed by atoms with Crippen molar-refractivity contribution < 1.29 is 28.7 Å². The van der Waals surface area contributed by atoms with E-state index in [-0.39, 0.29) is 35.1 Å². The molecule has 0 unspecified atom stereocenters. The maximum Gasteiger partial charge on any atom is 0.341 e. The van der Waals surface area contributed by atoms with Gasteiger partial charge in [-0.2, -0.15) is 0 Å². The summed E-state index contributed by atoms with van der Waals surface area (Å²) in [5, 5.41) is 6.18. The van der Waals surface area contributed by atoms with E-state index >= 15 is 0 Å². The molecule has 0 saturated heterocycles. The second-order valence-electron chi connectivity index (χ2n) is 10.9. The van der Waals surface area contributed by atoms with Crippen molar-refractivity contribution >= 4 is 45.8 Å². The lowest BCUT2D eigenvalue weighted by Gasteiger charge is -2.55. The van der Waals surface area contributed by atoms with Crippen LogP contribution in [-0.4, -0.2) is 37.0 Å². The van der Waals surface area contributed by atoms with Crippen LogP contribution in [0.1, 0.15) is 88.3 Å². The highest BCUT2D eigenvalue weighted by molar-refractivity contribution is 7.19. The van der Waals surface area contributed by atoms with Gasteiger partial charge in [0.2, 0.25) is 5.91 Å². The quantitative estimate of drug-likeness (QED) is 0.410. The number of rotatable bonds is 8. The molecular weight excluding hydrogens is 504 g/mol. The Hall–Kier alpha value is -3.20. The highest BCUT2D eigenvalue weighted by Gasteiger charge is 2.54. The lowest BCUT2D eigenvalue weighted by Crippen LogP contribution is -2.51. The summed E-state index contributed by atoms with van der Waals surface area (Å²) in [7, 11) is 0. The topological polar surface area (TPSA) is 111 Å². The van der Waals surface area contributed by atoms with Gasteiger partial charge in [0.15, 0.2) is 0 Å². The third kappa shape index (κ3) is 4.84. The summed E-state index contributed by atoms with van der Waals surface area (Å²) in [5.41, 5.74) is 0.775. The van der Waals surface area contributed by atoms with E-state index in [0.717, 1.165) is 30.6 Å². The van der Waals surface area contributed by atoms with Crippen LogP contribution in [0.3, 0.4) is 0 Å². The van der Waals surface area contributed by atoms with E-state index in [9.17, 15) is 19.2 Å². The second-order valence-corrected chi connectivity index (χ2v) is 11.9. The number of esters is 2.